The molecule has 110 valence electrons. The minimum atomic E-state index is -0.257. The van der Waals surface area contributed by atoms with Crippen molar-refractivity contribution < 1.29 is 9.53 Å². The van der Waals surface area contributed by atoms with Gasteiger partial charge in [-0.15, -0.1) is 0 Å². The lowest BCUT2D eigenvalue weighted by Gasteiger charge is -2.28. The summed E-state index contributed by atoms with van der Waals surface area (Å²) in [5.74, 6) is 0.555. The van der Waals surface area contributed by atoms with E-state index in [1.807, 2.05) is 12.1 Å². The number of methoxy groups -OCH3 is 1. The minimum absolute atomic E-state index is 0.155. The standard InChI is InChI=1S/C18H26O2/c1-3-7-14-10-12-15(13-11-14)17(19)18(20-2)16-8-5-4-6-9-16/h10-13,16,18H,3-9H2,1-2H3. The zero-order chi connectivity index (χ0) is 14.4. The van der Waals surface area contributed by atoms with Gasteiger partial charge in [0.1, 0.15) is 6.10 Å². The number of hydrogen-bond acceptors (Lipinski definition) is 2. The Morgan fingerprint density at radius 2 is 1.85 bits per heavy atom. The van der Waals surface area contributed by atoms with Crippen LogP contribution in [-0.4, -0.2) is 19.0 Å². The monoisotopic (exact) mass is 274 g/mol. The van der Waals surface area contributed by atoms with Gasteiger partial charge in [-0.25, -0.2) is 0 Å². The van der Waals surface area contributed by atoms with E-state index in [0.29, 0.717) is 5.92 Å². The molecular formula is C18H26O2. The third-order valence-corrected chi connectivity index (χ3v) is 4.37. The third-order valence-electron chi connectivity index (χ3n) is 4.37. The molecule has 0 bridgehead atoms. The van der Waals surface area contributed by atoms with E-state index >= 15 is 0 Å². The first-order chi connectivity index (χ1) is 9.76. The fourth-order valence-corrected chi connectivity index (χ4v) is 3.24. The lowest BCUT2D eigenvalue weighted by molar-refractivity contribution is 0.0314. The van der Waals surface area contributed by atoms with Crippen LogP contribution in [0.5, 0.6) is 0 Å². The van der Waals surface area contributed by atoms with Crippen molar-refractivity contribution in [3.8, 4) is 0 Å². The molecule has 1 aromatic carbocycles. The summed E-state index contributed by atoms with van der Waals surface area (Å²) in [4.78, 5) is 12.6. The molecule has 0 aliphatic heterocycles. The number of carbonyl (C=O) groups excluding carboxylic acids is 1. The SMILES string of the molecule is CCCc1ccc(C(=O)C(OC)C2CCCCC2)cc1. The Balaban J connectivity index is 2.07. The highest BCUT2D eigenvalue weighted by Gasteiger charge is 2.29. The van der Waals surface area contributed by atoms with Crippen LogP contribution in [0.15, 0.2) is 24.3 Å². The van der Waals surface area contributed by atoms with Crippen molar-refractivity contribution in [1.29, 1.82) is 0 Å². The second kappa shape index (κ2) is 7.58. The van der Waals surface area contributed by atoms with Gasteiger partial charge in [0.05, 0.1) is 0 Å². The number of carbonyl (C=O) groups is 1. The van der Waals surface area contributed by atoms with Gasteiger partial charge in [0.15, 0.2) is 5.78 Å². The first kappa shape index (κ1) is 15.2. The number of ketones is 1. The molecule has 2 rings (SSSR count). The molecule has 2 heteroatoms. The van der Waals surface area contributed by atoms with Crippen LogP contribution < -0.4 is 0 Å². The molecule has 1 unspecified atom stereocenters. The van der Waals surface area contributed by atoms with E-state index in [-0.39, 0.29) is 11.9 Å². The van der Waals surface area contributed by atoms with Crippen molar-refractivity contribution in [2.45, 2.75) is 58.0 Å². The highest BCUT2D eigenvalue weighted by molar-refractivity contribution is 5.99. The summed E-state index contributed by atoms with van der Waals surface area (Å²) in [6.45, 7) is 2.17. The Morgan fingerprint density at radius 3 is 2.40 bits per heavy atom. The predicted molar refractivity (Wildman–Crippen MR) is 82.1 cm³/mol. The molecule has 1 fully saturated rings. The zero-order valence-corrected chi connectivity index (χ0v) is 12.7. The first-order valence-corrected chi connectivity index (χ1v) is 7.92. The summed E-state index contributed by atoms with van der Waals surface area (Å²) in [7, 11) is 1.67. The summed E-state index contributed by atoms with van der Waals surface area (Å²) in [6.07, 6.45) is 7.96. The molecule has 20 heavy (non-hydrogen) atoms. The maximum Gasteiger partial charge on any atom is 0.191 e. The summed E-state index contributed by atoms with van der Waals surface area (Å²) in [5.41, 5.74) is 2.10. The molecule has 1 aliphatic rings. The van der Waals surface area contributed by atoms with Crippen LogP contribution in [0.2, 0.25) is 0 Å². The largest absolute Gasteiger partial charge is 0.373 e. The van der Waals surface area contributed by atoms with Gasteiger partial charge in [-0.1, -0.05) is 56.9 Å². The molecule has 2 nitrogen and oxygen atoms in total. The van der Waals surface area contributed by atoms with Crippen LogP contribution in [0.1, 0.15) is 61.4 Å². The van der Waals surface area contributed by atoms with Gasteiger partial charge in [-0.3, -0.25) is 4.79 Å². The second-order valence-electron chi connectivity index (χ2n) is 5.87. The Hall–Kier alpha value is -1.15. The van der Waals surface area contributed by atoms with Gasteiger partial charge in [0.2, 0.25) is 0 Å². The summed E-state index contributed by atoms with van der Waals surface area (Å²) >= 11 is 0. The molecule has 0 saturated heterocycles. The number of aryl methyl sites for hydroxylation is 1. The minimum Gasteiger partial charge on any atom is -0.373 e. The number of benzene rings is 1. The van der Waals surface area contributed by atoms with Gasteiger partial charge in [-0.05, 0) is 30.7 Å². The average molecular weight is 274 g/mol. The van der Waals surface area contributed by atoms with Crippen LogP contribution in [0.3, 0.4) is 0 Å². The van der Waals surface area contributed by atoms with Crippen LogP contribution in [0, 0.1) is 5.92 Å². The maximum absolute atomic E-state index is 12.6. The van der Waals surface area contributed by atoms with Gasteiger partial charge in [0, 0.05) is 12.7 Å². The molecule has 1 saturated carbocycles. The first-order valence-electron chi connectivity index (χ1n) is 7.92. The van der Waals surface area contributed by atoms with Crippen molar-refractivity contribution in [2.75, 3.05) is 7.11 Å². The number of Topliss-reactive ketones (excluding diaryl/α,β-unsaturated/α-hetero) is 1. The quantitative estimate of drug-likeness (QED) is 0.718. The van der Waals surface area contributed by atoms with E-state index in [9.17, 15) is 4.79 Å². The average Bonchev–Trinajstić information content (AvgIpc) is 2.50. The molecule has 1 aromatic rings. The van der Waals surface area contributed by atoms with Crippen molar-refractivity contribution in [2.24, 2.45) is 5.92 Å². The third kappa shape index (κ3) is 3.69. The highest BCUT2D eigenvalue weighted by Crippen LogP contribution is 2.29. The van der Waals surface area contributed by atoms with Gasteiger partial charge < -0.3 is 4.74 Å². The summed E-state index contributed by atoms with van der Waals surface area (Å²) in [6, 6.07) is 8.07. The Morgan fingerprint density at radius 1 is 1.20 bits per heavy atom. The fourth-order valence-electron chi connectivity index (χ4n) is 3.24. The van der Waals surface area contributed by atoms with Crippen LogP contribution in [0.25, 0.3) is 0 Å². The van der Waals surface area contributed by atoms with Crippen LogP contribution in [0.4, 0.5) is 0 Å². The molecular weight excluding hydrogens is 248 g/mol. The van der Waals surface area contributed by atoms with E-state index in [2.05, 4.69) is 19.1 Å². The Labute approximate surface area is 122 Å². The number of ether oxygens (including phenoxy) is 1. The molecule has 0 N–H and O–H groups in total. The van der Waals surface area contributed by atoms with Gasteiger partial charge >= 0.3 is 0 Å². The molecule has 0 spiro atoms. The van der Waals surface area contributed by atoms with Crippen LogP contribution >= 0.6 is 0 Å². The lowest BCUT2D eigenvalue weighted by Crippen LogP contribution is -2.33. The van der Waals surface area contributed by atoms with E-state index < -0.39 is 0 Å². The summed E-state index contributed by atoms with van der Waals surface area (Å²) in [5, 5.41) is 0. The molecule has 1 aliphatic carbocycles. The van der Waals surface area contributed by atoms with Crippen molar-refractivity contribution in [3.63, 3.8) is 0 Å². The molecule has 0 heterocycles. The smallest absolute Gasteiger partial charge is 0.191 e. The van der Waals surface area contributed by atoms with Crippen LogP contribution in [-0.2, 0) is 11.2 Å². The van der Waals surface area contributed by atoms with Crippen molar-refractivity contribution in [3.05, 3.63) is 35.4 Å². The van der Waals surface area contributed by atoms with Gasteiger partial charge in [-0.2, -0.15) is 0 Å². The molecule has 0 amide bonds. The Bertz CT molecular complexity index is 416. The van der Waals surface area contributed by atoms with Crippen molar-refractivity contribution >= 4 is 5.78 Å². The second-order valence-corrected chi connectivity index (χ2v) is 5.87. The normalized spacial score (nSPS) is 17.9. The summed E-state index contributed by atoms with van der Waals surface area (Å²) < 4.78 is 5.53. The van der Waals surface area contributed by atoms with Gasteiger partial charge in [0.25, 0.3) is 0 Å². The lowest BCUT2D eigenvalue weighted by atomic mass is 9.82. The number of hydrogen-bond donors (Lipinski definition) is 0. The van der Waals surface area contributed by atoms with E-state index in [1.54, 1.807) is 7.11 Å². The number of rotatable bonds is 6. The predicted octanol–water partition coefficient (Wildman–Crippen LogP) is 4.42. The zero-order valence-electron chi connectivity index (χ0n) is 12.7. The topological polar surface area (TPSA) is 26.3 Å². The van der Waals surface area contributed by atoms with Crippen molar-refractivity contribution in [1.82, 2.24) is 0 Å². The van der Waals surface area contributed by atoms with E-state index in [0.717, 1.165) is 31.2 Å². The molecule has 0 aromatic heterocycles. The van der Waals surface area contributed by atoms with E-state index in [4.69, 9.17) is 4.74 Å². The Kier molecular flexibility index (Phi) is 5.78. The van der Waals surface area contributed by atoms with E-state index in [1.165, 1.54) is 24.8 Å². The molecule has 0 radical (unpaired) electrons. The molecule has 1 atom stereocenters. The highest BCUT2D eigenvalue weighted by atomic mass is 16.5. The fraction of sp³-hybridized carbons (Fsp3) is 0.611. The maximum atomic E-state index is 12.6.